The van der Waals surface area contributed by atoms with E-state index in [2.05, 4.69) is 31.2 Å². The van der Waals surface area contributed by atoms with Crippen LogP contribution in [-0.4, -0.2) is 58.6 Å². The number of halogens is 1. The minimum absolute atomic E-state index is 0.412. The Labute approximate surface area is 175 Å². The first-order valence-corrected chi connectivity index (χ1v) is 10.0. The molecule has 0 amide bonds. The van der Waals surface area contributed by atoms with Crippen molar-refractivity contribution in [2.75, 3.05) is 13.7 Å². The second kappa shape index (κ2) is 9.43. The zero-order valence-electron chi connectivity index (χ0n) is 16.5. The molecule has 5 atom stereocenters. The zero-order valence-corrected chi connectivity index (χ0v) is 17.2. The summed E-state index contributed by atoms with van der Waals surface area (Å²) in [7, 11) is 1.48. The molecule has 0 aromatic heterocycles. The second-order valence-corrected chi connectivity index (χ2v) is 7.69. The lowest BCUT2D eigenvalue weighted by Crippen LogP contribution is -2.40. The minimum atomic E-state index is -1.34. The number of aliphatic hydroxyl groups is 4. The van der Waals surface area contributed by atoms with E-state index in [-0.39, 0.29) is 0 Å². The van der Waals surface area contributed by atoms with Crippen molar-refractivity contribution in [2.24, 2.45) is 0 Å². The van der Waals surface area contributed by atoms with E-state index < -0.39 is 37.1 Å². The topological polar surface area (TPSA) is 99.4 Å². The van der Waals surface area contributed by atoms with Gasteiger partial charge < -0.3 is 29.9 Å². The maximum Gasteiger partial charge on any atom is 0.126 e. The summed E-state index contributed by atoms with van der Waals surface area (Å²) in [5, 5.41) is 40.3. The highest BCUT2D eigenvalue weighted by Crippen LogP contribution is 2.41. The Kier molecular flexibility index (Phi) is 7.16. The Morgan fingerprint density at radius 2 is 1.76 bits per heavy atom. The van der Waals surface area contributed by atoms with Gasteiger partial charge in [-0.1, -0.05) is 42.8 Å². The highest BCUT2D eigenvalue weighted by molar-refractivity contribution is 6.31. The smallest absolute Gasteiger partial charge is 0.126 e. The number of aliphatic hydroxyl groups excluding tert-OH is 4. The molecule has 0 saturated carbocycles. The lowest BCUT2D eigenvalue weighted by atomic mass is 9.95. The van der Waals surface area contributed by atoms with E-state index in [9.17, 15) is 20.4 Å². The van der Waals surface area contributed by atoms with Crippen molar-refractivity contribution in [1.29, 1.82) is 0 Å². The van der Waals surface area contributed by atoms with Gasteiger partial charge in [-0.3, -0.25) is 0 Å². The molecule has 2 aromatic carbocycles. The number of ether oxygens (including phenoxy) is 2. The number of rotatable bonds is 7. The summed E-state index contributed by atoms with van der Waals surface area (Å²) in [5.41, 5.74) is 3.68. The molecule has 0 radical (unpaired) electrons. The molecule has 29 heavy (non-hydrogen) atoms. The van der Waals surface area contributed by atoms with Crippen LogP contribution in [-0.2, 0) is 17.6 Å². The summed E-state index contributed by atoms with van der Waals surface area (Å²) in [5.74, 6) is 0.412. The third-order valence-electron chi connectivity index (χ3n) is 5.40. The van der Waals surface area contributed by atoms with Gasteiger partial charge in [0.05, 0.1) is 13.7 Å². The Morgan fingerprint density at radius 1 is 1.10 bits per heavy atom. The second-order valence-electron chi connectivity index (χ2n) is 7.28. The normalized spacial score (nSPS) is 25.2. The number of benzene rings is 2. The number of aryl methyl sites for hydroxylation is 1. The van der Waals surface area contributed by atoms with Gasteiger partial charge in [-0.2, -0.15) is 0 Å². The monoisotopic (exact) mass is 422 g/mol. The third-order valence-corrected chi connectivity index (χ3v) is 5.75. The molecule has 2 aromatic rings. The molecule has 1 aliphatic rings. The van der Waals surface area contributed by atoms with Crippen molar-refractivity contribution in [2.45, 2.75) is 50.3 Å². The number of hydrogen-bond acceptors (Lipinski definition) is 6. The van der Waals surface area contributed by atoms with Crippen molar-refractivity contribution >= 4 is 11.6 Å². The summed E-state index contributed by atoms with van der Waals surface area (Å²) in [6, 6.07) is 11.7. The van der Waals surface area contributed by atoms with Crippen LogP contribution in [0.1, 0.15) is 35.3 Å². The molecule has 3 rings (SSSR count). The van der Waals surface area contributed by atoms with E-state index in [0.29, 0.717) is 22.8 Å². The fourth-order valence-corrected chi connectivity index (χ4v) is 3.87. The third kappa shape index (κ3) is 4.58. The molecule has 6 nitrogen and oxygen atoms in total. The van der Waals surface area contributed by atoms with Crippen molar-refractivity contribution in [3.63, 3.8) is 0 Å². The van der Waals surface area contributed by atoms with Crippen LogP contribution in [0.3, 0.4) is 0 Å². The van der Waals surface area contributed by atoms with E-state index in [1.54, 1.807) is 12.1 Å². The van der Waals surface area contributed by atoms with Crippen LogP contribution in [0, 0.1) is 0 Å². The van der Waals surface area contributed by atoms with Crippen LogP contribution in [0.25, 0.3) is 0 Å². The first kappa shape index (κ1) is 22.0. The van der Waals surface area contributed by atoms with E-state index in [0.717, 1.165) is 17.5 Å². The van der Waals surface area contributed by atoms with Gasteiger partial charge in [0.2, 0.25) is 0 Å². The van der Waals surface area contributed by atoms with Crippen LogP contribution in [0.4, 0.5) is 0 Å². The molecule has 4 N–H and O–H groups in total. The van der Waals surface area contributed by atoms with Gasteiger partial charge in [0.15, 0.2) is 0 Å². The van der Waals surface area contributed by atoms with Gasteiger partial charge in [-0.05, 0) is 41.7 Å². The fourth-order valence-electron chi connectivity index (χ4n) is 3.65. The van der Waals surface area contributed by atoms with Gasteiger partial charge in [0, 0.05) is 10.6 Å². The number of methoxy groups -OCH3 is 1. The molecule has 1 aliphatic heterocycles. The molecule has 158 valence electrons. The standard InChI is InChI=1S/C22H27ClO6/c1-3-12-4-6-13(7-5-12)8-14-9-15(18(28-2)10-16(14)23)21-19(26)20(27)22(29-21)17(25)11-24/h4-7,9-10,17,19-22,24-27H,3,8,11H2,1-2H3/t17-,19-,20-,21+,22-/m1/s1. The maximum absolute atomic E-state index is 10.5. The molecule has 1 saturated heterocycles. The Bertz CT molecular complexity index is 825. The zero-order chi connectivity index (χ0) is 21.1. The van der Waals surface area contributed by atoms with Crippen molar-refractivity contribution in [1.82, 2.24) is 0 Å². The molecular formula is C22H27ClO6. The summed E-state index contributed by atoms with van der Waals surface area (Å²) in [6.07, 6.45) is -4.42. The summed E-state index contributed by atoms with van der Waals surface area (Å²) in [4.78, 5) is 0. The lowest BCUT2D eigenvalue weighted by molar-refractivity contribution is -0.0823. The van der Waals surface area contributed by atoms with Crippen LogP contribution in [0.2, 0.25) is 5.02 Å². The Morgan fingerprint density at radius 3 is 2.34 bits per heavy atom. The van der Waals surface area contributed by atoms with E-state index in [1.807, 2.05) is 0 Å². The van der Waals surface area contributed by atoms with Gasteiger partial charge in [-0.15, -0.1) is 0 Å². The van der Waals surface area contributed by atoms with Crippen molar-refractivity contribution < 1.29 is 29.9 Å². The van der Waals surface area contributed by atoms with Gasteiger partial charge >= 0.3 is 0 Å². The predicted molar refractivity (Wildman–Crippen MR) is 109 cm³/mol. The Balaban J connectivity index is 1.93. The van der Waals surface area contributed by atoms with Crippen LogP contribution in [0.5, 0.6) is 5.75 Å². The van der Waals surface area contributed by atoms with E-state index in [4.69, 9.17) is 21.1 Å². The maximum atomic E-state index is 10.5. The van der Waals surface area contributed by atoms with Crippen LogP contribution < -0.4 is 4.74 Å². The van der Waals surface area contributed by atoms with E-state index >= 15 is 0 Å². The van der Waals surface area contributed by atoms with Crippen molar-refractivity contribution in [3.8, 4) is 5.75 Å². The van der Waals surface area contributed by atoms with Crippen molar-refractivity contribution in [3.05, 3.63) is 63.7 Å². The van der Waals surface area contributed by atoms with Gasteiger partial charge in [0.25, 0.3) is 0 Å². The van der Waals surface area contributed by atoms with Crippen LogP contribution >= 0.6 is 11.6 Å². The molecule has 7 heteroatoms. The first-order valence-electron chi connectivity index (χ1n) is 9.64. The number of hydrogen-bond donors (Lipinski definition) is 4. The van der Waals surface area contributed by atoms with Gasteiger partial charge in [-0.25, -0.2) is 0 Å². The highest BCUT2D eigenvalue weighted by atomic mass is 35.5. The molecule has 1 heterocycles. The fraction of sp³-hybridized carbons (Fsp3) is 0.455. The predicted octanol–water partition coefficient (Wildman–Crippen LogP) is 2.02. The molecule has 0 aliphatic carbocycles. The molecule has 1 fully saturated rings. The highest BCUT2D eigenvalue weighted by Gasteiger charge is 2.47. The van der Waals surface area contributed by atoms with Gasteiger partial charge in [0.1, 0.15) is 36.3 Å². The minimum Gasteiger partial charge on any atom is -0.496 e. The SMILES string of the molecule is CCc1ccc(Cc2cc([C@@H]3O[C@H]([C@H](O)CO)[C@H](O)[C@H]3O)c(OC)cc2Cl)cc1. The quantitative estimate of drug-likeness (QED) is 0.545. The van der Waals surface area contributed by atoms with E-state index in [1.165, 1.54) is 12.7 Å². The largest absolute Gasteiger partial charge is 0.496 e. The summed E-state index contributed by atoms with van der Waals surface area (Å²) >= 11 is 6.46. The summed E-state index contributed by atoms with van der Waals surface area (Å²) in [6.45, 7) is 1.52. The average Bonchev–Trinajstić information content (AvgIpc) is 3.03. The lowest BCUT2D eigenvalue weighted by Gasteiger charge is -2.21. The summed E-state index contributed by atoms with van der Waals surface area (Å²) < 4.78 is 11.1. The Hall–Kier alpha value is -1.67. The molecule has 0 bridgehead atoms. The van der Waals surface area contributed by atoms with Crippen LogP contribution in [0.15, 0.2) is 36.4 Å². The molecule has 0 spiro atoms. The first-order chi connectivity index (χ1) is 13.9. The average molecular weight is 423 g/mol. The molecule has 0 unspecified atom stereocenters. The molecular weight excluding hydrogens is 396 g/mol.